The number of rotatable bonds is 6. The van der Waals surface area contributed by atoms with E-state index in [0.29, 0.717) is 12.6 Å². The molecule has 0 N–H and O–H groups in total. The molecular formula is C16H25NO. The lowest BCUT2D eigenvalue weighted by atomic mass is 10.0. The molecule has 0 fully saturated rings. The molecule has 0 aliphatic carbocycles. The Morgan fingerprint density at radius 1 is 1.22 bits per heavy atom. The van der Waals surface area contributed by atoms with Crippen LogP contribution in [0.3, 0.4) is 0 Å². The summed E-state index contributed by atoms with van der Waals surface area (Å²) in [6, 6.07) is 6.43. The van der Waals surface area contributed by atoms with Crippen molar-refractivity contribution in [3.8, 4) is 0 Å². The number of hydrogen-bond donors (Lipinski definition) is 0. The molecule has 1 atom stereocenters. The van der Waals surface area contributed by atoms with Crippen LogP contribution in [0.1, 0.15) is 48.7 Å². The van der Waals surface area contributed by atoms with E-state index < -0.39 is 0 Å². The molecule has 0 spiro atoms. The van der Waals surface area contributed by atoms with Crippen molar-refractivity contribution in [2.24, 2.45) is 0 Å². The molecule has 2 nitrogen and oxygen atoms in total. The normalized spacial score (nSPS) is 12.8. The first-order chi connectivity index (χ1) is 8.49. The van der Waals surface area contributed by atoms with E-state index in [4.69, 9.17) is 0 Å². The van der Waals surface area contributed by atoms with Gasteiger partial charge in [0.25, 0.3) is 0 Å². The zero-order valence-electron chi connectivity index (χ0n) is 12.3. The molecule has 0 saturated carbocycles. The Labute approximate surface area is 111 Å². The molecule has 0 bridgehead atoms. The fourth-order valence-corrected chi connectivity index (χ4v) is 2.03. The number of hydrogen-bond acceptors (Lipinski definition) is 2. The van der Waals surface area contributed by atoms with Crippen molar-refractivity contribution in [1.29, 1.82) is 0 Å². The first-order valence-corrected chi connectivity index (χ1v) is 6.84. The van der Waals surface area contributed by atoms with Gasteiger partial charge in [-0.25, -0.2) is 0 Å². The minimum absolute atomic E-state index is 0.222. The van der Waals surface area contributed by atoms with E-state index in [9.17, 15) is 4.79 Å². The topological polar surface area (TPSA) is 20.3 Å². The fraction of sp³-hybridized carbons (Fsp3) is 0.562. The average molecular weight is 247 g/mol. The van der Waals surface area contributed by atoms with Crippen molar-refractivity contribution in [3.63, 3.8) is 0 Å². The van der Waals surface area contributed by atoms with Gasteiger partial charge in [-0.2, -0.15) is 0 Å². The maximum atomic E-state index is 12.3. The molecule has 0 radical (unpaired) electrons. The lowest BCUT2D eigenvalue weighted by molar-refractivity contribution is 0.0902. The fourth-order valence-electron chi connectivity index (χ4n) is 2.03. The second-order valence-corrected chi connectivity index (χ2v) is 5.04. The van der Waals surface area contributed by atoms with E-state index in [1.807, 2.05) is 18.2 Å². The highest BCUT2D eigenvalue weighted by Crippen LogP contribution is 2.12. The van der Waals surface area contributed by atoms with Crippen LogP contribution in [0.4, 0.5) is 0 Å². The van der Waals surface area contributed by atoms with Crippen molar-refractivity contribution in [3.05, 3.63) is 34.9 Å². The summed E-state index contributed by atoms with van der Waals surface area (Å²) in [7, 11) is 0. The number of carbonyl (C=O) groups excluding carboxylic acids is 1. The van der Waals surface area contributed by atoms with Crippen LogP contribution in [-0.4, -0.2) is 29.8 Å². The van der Waals surface area contributed by atoms with Gasteiger partial charge in [0.15, 0.2) is 5.78 Å². The van der Waals surface area contributed by atoms with E-state index in [2.05, 4.69) is 39.5 Å². The summed E-state index contributed by atoms with van der Waals surface area (Å²) in [5.41, 5.74) is 3.26. The zero-order chi connectivity index (χ0) is 13.7. The molecule has 0 amide bonds. The van der Waals surface area contributed by atoms with Gasteiger partial charge in [0.1, 0.15) is 0 Å². The lowest BCUT2D eigenvalue weighted by Gasteiger charge is -2.26. The lowest BCUT2D eigenvalue weighted by Crippen LogP contribution is -2.36. The zero-order valence-corrected chi connectivity index (χ0v) is 12.3. The largest absolute Gasteiger partial charge is 0.293 e. The molecule has 1 rings (SSSR count). The Bertz CT molecular complexity index is 412. The van der Waals surface area contributed by atoms with Crippen LogP contribution in [0, 0.1) is 13.8 Å². The minimum Gasteiger partial charge on any atom is -0.293 e. The molecule has 0 aliphatic rings. The van der Waals surface area contributed by atoms with Crippen molar-refractivity contribution in [2.45, 2.75) is 47.1 Å². The van der Waals surface area contributed by atoms with Gasteiger partial charge in [0.2, 0.25) is 0 Å². The Kier molecular flexibility index (Phi) is 5.54. The number of carbonyl (C=O) groups is 1. The Hall–Kier alpha value is -1.15. The average Bonchev–Trinajstić information content (AvgIpc) is 2.37. The Morgan fingerprint density at radius 2 is 1.89 bits per heavy atom. The SMILES string of the molecule is CCC(C)N(CC)CC(=O)c1ccc(C)c(C)c1. The van der Waals surface area contributed by atoms with E-state index in [1.165, 1.54) is 11.1 Å². The number of likely N-dealkylation sites (N-methyl/N-ethyl adjacent to an activating group) is 1. The molecular weight excluding hydrogens is 222 g/mol. The molecule has 100 valence electrons. The second-order valence-electron chi connectivity index (χ2n) is 5.04. The number of nitrogens with zero attached hydrogens (tertiary/aromatic N) is 1. The van der Waals surface area contributed by atoms with Gasteiger partial charge in [-0.05, 0) is 50.9 Å². The van der Waals surface area contributed by atoms with Gasteiger partial charge < -0.3 is 0 Å². The molecule has 1 unspecified atom stereocenters. The quantitative estimate of drug-likeness (QED) is 0.716. The van der Waals surface area contributed by atoms with Crippen LogP contribution in [0.15, 0.2) is 18.2 Å². The van der Waals surface area contributed by atoms with Crippen LogP contribution >= 0.6 is 0 Å². The third kappa shape index (κ3) is 3.67. The summed E-state index contributed by atoms with van der Waals surface area (Å²) in [4.78, 5) is 14.5. The van der Waals surface area contributed by atoms with Crippen LogP contribution in [0.5, 0.6) is 0 Å². The monoisotopic (exact) mass is 247 g/mol. The van der Waals surface area contributed by atoms with E-state index in [-0.39, 0.29) is 5.78 Å². The minimum atomic E-state index is 0.222. The predicted molar refractivity (Wildman–Crippen MR) is 77.2 cm³/mol. The first-order valence-electron chi connectivity index (χ1n) is 6.84. The third-order valence-corrected chi connectivity index (χ3v) is 3.80. The van der Waals surface area contributed by atoms with Crippen molar-refractivity contribution in [2.75, 3.05) is 13.1 Å². The van der Waals surface area contributed by atoms with Crippen LogP contribution in [-0.2, 0) is 0 Å². The summed E-state index contributed by atoms with van der Waals surface area (Å²) in [6.07, 6.45) is 1.08. The molecule has 0 heterocycles. The van der Waals surface area contributed by atoms with E-state index >= 15 is 0 Å². The first kappa shape index (κ1) is 14.9. The molecule has 2 heteroatoms. The van der Waals surface area contributed by atoms with Gasteiger partial charge in [-0.3, -0.25) is 9.69 Å². The van der Waals surface area contributed by atoms with Gasteiger partial charge in [-0.15, -0.1) is 0 Å². The van der Waals surface area contributed by atoms with Crippen molar-refractivity contribution < 1.29 is 4.79 Å². The number of aryl methyl sites for hydroxylation is 2. The summed E-state index contributed by atoms with van der Waals surface area (Å²) >= 11 is 0. The van der Waals surface area contributed by atoms with E-state index in [1.54, 1.807) is 0 Å². The van der Waals surface area contributed by atoms with Gasteiger partial charge in [-0.1, -0.05) is 26.0 Å². The highest BCUT2D eigenvalue weighted by molar-refractivity contribution is 5.97. The summed E-state index contributed by atoms with van der Waals surface area (Å²) in [5.74, 6) is 0.222. The van der Waals surface area contributed by atoms with Crippen LogP contribution < -0.4 is 0 Å². The smallest absolute Gasteiger partial charge is 0.176 e. The van der Waals surface area contributed by atoms with Gasteiger partial charge in [0.05, 0.1) is 6.54 Å². The predicted octanol–water partition coefficient (Wildman–Crippen LogP) is 3.61. The molecule has 0 aliphatic heterocycles. The molecule has 1 aromatic rings. The molecule has 0 saturated heterocycles. The Morgan fingerprint density at radius 3 is 2.39 bits per heavy atom. The molecule has 0 aromatic heterocycles. The van der Waals surface area contributed by atoms with Crippen LogP contribution in [0.25, 0.3) is 0 Å². The maximum Gasteiger partial charge on any atom is 0.176 e. The third-order valence-electron chi connectivity index (χ3n) is 3.80. The molecule has 1 aromatic carbocycles. The second kappa shape index (κ2) is 6.69. The standard InChI is InChI=1S/C16H25NO/c1-6-14(5)17(7-2)11-16(18)15-9-8-12(3)13(4)10-15/h8-10,14H,6-7,11H2,1-5H3. The highest BCUT2D eigenvalue weighted by atomic mass is 16.1. The number of Topliss-reactive ketones (excluding diaryl/α,β-unsaturated/α-hetero) is 1. The summed E-state index contributed by atoms with van der Waals surface area (Å²) in [5, 5.41) is 0. The van der Waals surface area contributed by atoms with Gasteiger partial charge >= 0.3 is 0 Å². The van der Waals surface area contributed by atoms with Crippen molar-refractivity contribution >= 4 is 5.78 Å². The van der Waals surface area contributed by atoms with E-state index in [0.717, 1.165) is 18.5 Å². The maximum absolute atomic E-state index is 12.3. The highest BCUT2D eigenvalue weighted by Gasteiger charge is 2.15. The summed E-state index contributed by atoms with van der Waals surface area (Å²) < 4.78 is 0. The number of benzene rings is 1. The van der Waals surface area contributed by atoms with Crippen molar-refractivity contribution in [1.82, 2.24) is 4.90 Å². The Balaban J connectivity index is 2.77. The van der Waals surface area contributed by atoms with Gasteiger partial charge in [0, 0.05) is 11.6 Å². The molecule has 18 heavy (non-hydrogen) atoms. The summed E-state index contributed by atoms with van der Waals surface area (Å²) in [6.45, 7) is 12.0. The van der Waals surface area contributed by atoms with Crippen LogP contribution in [0.2, 0.25) is 0 Å². The number of ketones is 1.